The maximum absolute atomic E-state index is 9.71. The van der Waals surface area contributed by atoms with Crippen LogP contribution < -0.4 is 4.43 Å². The van der Waals surface area contributed by atoms with Gasteiger partial charge >= 0.3 is 9.53 Å². The predicted octanol–water partition coefficient (Wildman–Crippen LogP) is 3.86. The van der Waals surface area contributed by atoms with E-state index in [1.165, 1.54) is 0 Å². The van der Waals surface area contributed by atoms with E-state index in [1.54, 1.807) is 6.07 Å². The molecule has 3 nitrogen and oxygen atoms in total. The minimum absolute atomic E-state index is 0.0747. The summed E-state index contributed by atoms with van der Waals surface area (Å²) < 4.78 is 13.2. The molecule has 0 spiro atoms. The second kappa shape index (κ2) is 7.61. The second-order valence-electron chi connectivity index (χ2n) is 3.20. The number of benzene rings is 1. The van der Waals surface area contributed by atoms with Crippen molar-refractivity contribution in [2.24, 2.45) is 0 Å². The van der Waals surface area contributed by atoms with Crippen LogP contribution in [-0.2, 0) is 4.43 Å². The van der Waals surface area contributed by atoms with E-state index in [-0.39, 0.29) is 6.10 Å². The quantitative estimate of drug-likeness (QED) is 0.369. The highest BCUT2D eigenvalue weighted by Crippen LogP contribution is 2.37. The van der Waals surface area contributed by atoms with Crippen molar-refractivity contribution < 1.29 is 13.6 Å². The Bertz CT molecular complexity index is 391. The Kier molecular flexibility index (Phi) is 7.23. The van der Waals surface area contributed by atoms with Crippen molar-refractivity contribution in [3.05, 3.63) is 25.6 Å². The molecule has 96 valence electrons. The number of alkyl halides is 1. The Morgan fingerprint density at radius 3 is 2.53 bits per heavy atom. The third-order valence-corrected chi connectivity index (χ3v) is 7.19. The topological polar surface area (TPSA) is 38.7 Å². The van der Waals surface area contributed by atoms with Gasteiger partial charge in [0.05, 0.1) is 10.6 Å². The minimum atomic E-state index is -2.66. The first-order chi connectivity index (χ1) is 7.95. The molecule has 1 aromatic rings. The minimum Gasteiger partial charge on any atom is -0.502 e. The molecule has 0 bridgehead atoms. The van der Waals surface area contributed by atoms with Gasteiger partial charge in [-0.3, -0.25) is 0 Å². The molecule has 0 aliphatic heterocycles. The van der Waals surface area contributed by atoms with Crippen LogP contribution in [0.15, 0.2) is 25.6 Å². The van der Waals surface area contributed by atoms with Gasteiger partial charge in [-0.15, -0.1) is 0 Å². The van der Waals surface area contributed by atoms with Crippen LogP contribution in [0.5, 0.6) is 5.75 Å². The summed E-state index contributed by atoms with van der Waals surface area (Å²) in [5.41, 5.74) is 0. The lowest BCUT2D eigenvalue weighted by Gasteiger charge is -2.17. The first-order valence-corrected chi connectivity index (χ1v) is 9.61. The van der Waals surface area contributed by atoms with Crippen LogP contribution in [0, 0.1) is 0 Å². The summed E-state index contributed by atoms with van der Waals surface area (Å²) in [5.74, 6) is 0.556. The fourth-order valence-corrected chi connectivity index (χ4v) is 3.90. The van der Waals surface area contributed by atoms with Gasteiger partial charge in [-0.25, -0.2) is 0 Å². The third kappa shape index (κ3) is 4.92. The molecular formula is C9H10Br4O3Si. The van der Waals surface area contributed by atoms with Crippen molar-refractivity contribution in [2.75, 3.05) is 5.33 Å². The lowest BCUT2D eigenvalue weighted by molar-refractivity contribution is 0.151. The highest BCUT2D eigenvalue weighted by atomic mass is 79.9. The van der Waals surface area contributed by atoms with Crippen molar-refractivity contribution in [3.63, 3.8) is 0 Å². The van der Waals surface area contributed by atoms with Gasteiger partial charge < -0.3 is 13.6 Å². The van der Waals surface area contributed by atoms with E-state index in [4.69, 9.17) is 8.85 Å². The van der Waals surface area contributed by atoms with Gasteiger partial charge in [0.2, 0.25) is 0 Å². The molecule has 0 aliphatic carbocycles. The van der Waals surface area contributed by atoms with Crippen LogP contribution in [0.25, 0.3) is 0 Å². The first-order valence-electron chi connectivity index (χ1n) is 4.65. The summed E-state index contributed by atoms with van der Waals surface area (Å²) in [7, 11) is -2.66. The second-order valence-corrected chi connectivity index (χ2v) is 7.41. The molecule has 0 saturated heterocycles. The zero-order valence-corrected chi connectivity index (χ0v) is 16.3. The first kappa shape index (κ1) is 16.1. The average Bonchev–Trinajstić information content (AvgIpc) is 2.29. The van der Waals surface area contributed by atoms with E-state index >= 15 is 0 Å². The van der Waals surface area contributed by atoms with E-state index in [1.807, 2.05) is 13.0 Å². The van der Waals surface area contributed by atoms with E-state index in [2.05, 4.69) is 63.7 Å². The van der Waals surface area contributed by atoms with Gasteiger partial charge in [0.1, 0.15) is 5.75 Å². The van der Waals surface area contributed by atoms with Crippen LogP contribution in [0.4, 0.5) is 0 Å². The third-order valence-electron chi connectivity index (χ3n) is 1.79. The molecule has 0 fully saturated rings. The van der Waals surface area contributed by atoms with Crippen molar-refractivity contribution >= 4 is 73.2 Å². The summed E-state index contributed by atoms with van der Waals surface area (Å²) in [4.78, 5) is 9.71. The van der Waals surface area contributed by atoms with Gasteiger partial charge in [-0.2, -0.15) is 0 Å². The largest absolute Gasteiger partial charge is 0.547 e. The predicted molar refractivity (Wildman–Crippen MR) is 83.9 cm³/mol. The Morgan fingerprint density at radius 1 is 1.29 bits per heavy atom. The molecule has 0 amide bonds. The van der Waals surface area contributed by atoms with Crippen LogP contribution in [0.3, 0.4) is 0 Å². The van der Waals surface area contributed by atoms with Crippen LogP contribution in [0.2, 0.25) is 0 Å². The highest BCUT2D eigenvalue weighted by molar-refractivity contribution is 9.14. The maximum Gasteiger partial charge on any atom is 0.547 e. The monoisotopic (exact) mass is 510 g/mol. The molecule has 1 rings (SSSR count). The van der Waals surface area contributed by atoms with E-state index in [0.29, 0.717) is 11.1 Å². The fourth-order valence-electron chi connectivity index (χ4n) is 0.971. The molecule has 0 heterocycles. The molecule has 1 aromatic carbocycles. The van der Waals surface area contributed by atoms with Gasteiger partial charge in [-0.1, -0.05) is 15.9 Å². The number of hydrogen-bond acceptors (Lipinski definition) is 3. The van der Waals surface area contributed by atoms with Gasteiger partial charge in [-0.05, 0) is 66.8 Å². The molecule has 0 aromatic heterocycles. The summed E-state index contributed by atoms with van der Waals surface area (Å²) in [6.07, 6.45) is -0.0747. The zero-order valence-electron chi connectivity index (χ0n) is 8.79. The molecule has 0 radical (unpaired) electrons. The normalized spacial score (nSPS) is 14.5. The number of halogens is 4. The lowest BCUT2D eigenvalue weighted by Crippen LogP contribution is -2.31. The lowest BCUT2D eigenvalue weighted by atomic mass is 10.3. The fraction of sp³-hybridized carbons (Fsp3) is 0.333. The Labute approximate surface area is 135 Å². The van der Waals surface area contributed by atoms with Crippen LogP contribution in [-0.4, -0.2) is 25.8 Å². The molecule has 2 atom stereocenters. The van der Waals surface area contributed by atoms with Crippen molar-refractivity contribution in [2.45, 2.75) is 13.0 Å². The number of hydrogen-bond donors (Lipinski definition) is 1. The smallest absolute Gasteiger partial charge is 0.502 e. The molecule has 17 heavy (non-hydrogen) atoms. The summed E-state index contributed by atoms with van der Waals surface area (Å²) >= 11 is 13.4. The standard InChI is InChI=1S/C9H10Br4O3Si/c1-5(4-10)15-17(14)16-7-3-2-6(11)8(12)9(7)13/h2-3,5,14,17H,4H2,1H3. The maximum atomic E-state index is 9.71. The molecular weight excluding hydrogens is 504 g/mol. The Morgan fingerprint density at radius 2 is 1.94 bits per heavy atom. The SMILES string of the molecule is CC(CBr)O[SiH](O)Oc1ccc(Br)c(Br)c1Br. The summed E-state index contributed by atoms with van der Waals surface area (Å²) in [6, 6.07) is 3.59. The number of rotatable bonds is 5. The Balaban J connectivity index is 2.72. The van der Waals surface area contributed by atoms with Crippen LogP contribution >= 0.6 is 63.7 Å². The molecule has 0 saturated carbocycles. The van der Waals surface area contributed by atoms with Gasteiger partial charge in [0.25, 0.3) is 0 Å². The molecule has 8 heteroatoms. The molecule has 0 aliphatic rings. The van der Waals surface area contributed by atoms with Gasteiger partial charge in [0.15, 0.2) is 0 Å². The van der Waals surface area contributed by atoms with Crippen molar-refractivity contribution in [1.29, 1.82) is 0 Å². The van der Waals surface area contributed by atoms with Crippen molar-refractivity contribution in [1.82, 2.24) is 0 Å². The average molecular weight is 514 g/mol. The summed E-state index contributed by atoms with van der Waals surface area (Å²) in [6.45, 7) is 1.86. The highest BCUT2D eigenvalue weighted by Gasteiger charge is 2.18. The van der Waals surface area contributed by atoms with Crippen molar-refractivity contribution in [3.8, 4) is 5.75 Å². The van der Waals surface area contributed by atoms with E-state index < -0.39 is 9.53 Å². The summed E-state index contributed by atoms with van der Waals surface area (Å²) in [5, 5.41) is 0.658. The van der Waals surface area contributed by atoms with Gasteiger partial charge in [0, 0.05) is 14.3 Å². The van der Waals surface area contributed by atoms with Crippen LogP contribution in [0.1, 0.15) is 6.92 Å². The molecule has 1 N–H and O–H groups in total. The van der Waals surface area contributed by atoms with E-state index in [9.17, 15) is 4.80 Å². The zero-order chi connectivity index (χ0) is 13.0. The van der Waals surface area contributed by atoms with E-state index in [0.717, 1.165) is 13.4 Å². The molecule has 2 unspecified atom stereocenters. The Hall–Kier alpha value is 1.08.